The SMILES string of the molecule is CC(C)(C)OC(=O)N1C[C@@](NCc2ccccc2)([C@H](O)C(F)F)C2CC1C2. The number of alkyl halides is 2. The van der Waals surface area contributed by atoms with Crippen LogP contribution in [0.3, 0.4) is 0 Å². The molecule has 2 N–H and O–H groups in total. The lowest BCUT2D eigenvalue weighted by atomic mass is 9.61. The monoisotopic (exact) mass is 382 g/mol. The van der Waals surface area contributed by atoms with Gasteiger partial charge in [-0.2, -0.15) is 0 Å². The molecule has 2 saturated heterocycles. The summed E-state index contributed by atoms with van der Waals surface area (Å²) in [7, 11) is 0. The highest BCUT2D eigenvalue weighted by Crippen LogP contribution is 2.48. The van der Waals surface area contributed by atoms with Gasteiger partial charge in [0.05, 0.1) is 5.54 Å². The first-order chi connectivity index (χ1) is 12.6. The van der Waals surface area contributed by atoms with Crippen molar-refractivity contribution in [3.05, 3.63) is 35.9 Å². The number of nitrogens with one attached hydrogen (secondary N) is 1. The number of ether oxygens (including phenoxy) is 1. The van der Waals surface area contributed by atoms with Gasteiger partial charge in [-0.25, -0.2) is 13.6 Å². The van der Waals surface area contributed by atoms with Crippen LogP contribution in [0.1, 0.15) is 39.2 Å². The summed E-state index contributed by atoms with van der Waals surface area (Å²) in [6.45, 7) is 5.66. The molecule has 1 saturated carbocycles. The molecule has 7 heteroatoms. The first-order valence-electron chi connectivity index (χ1n) is 9.37. The van der Waals surface area contributed by atoms with Crippen molar-refractivity contribution in [2.45, 2.75) is 69.9 Å². The maximum atomic E-state index is 13.5. The molecule has 0 unspecified atom stereocenters. The predicted molar refractivity (Wildman–Crippen MR) is 97.5 cm³/mol. The Morgan fingerprint density at radius 3 is 2.52 bits per heavy atom. The lowest BCUT2D eigenvalue weighted by Crippen LogP contribution is -2.76. The number of hydrogen-bond donors (Lipinski definition) is 2. The highest BCUT2D eigenvalue weighted by atomic mass is 19.3. The fourth-order valence-electron chi connectivity index (χ4n) is 4.06. The van der Waals surface area contributed by atoms with Gasteiger partial charge in [0.2, 0.25) is 0 Å². The van der Waals surface area contributed by atoms with Crippen LogP contribution in [0.25, 0.3) is 0 Å². The standard InChI is InChI=1S/C20H28F2N2O3/c1-19(2,3)27-18(26)24-12-20(16(25)17(21)22,14-9-15(24)10-14)23-11-13-7-5-4-6-8-13/h4-8,14-17,23,25H,9-12H2,1-3H3/t14?,15?,16-,20+/m1/s1. The Morgan fingerprint density at radius 2 is 1.96 bits per heavy atom. The van der Waals surface area contributed by atoms with E-state index in [9.17, 15) is 18.7 Å². The normalized spacial score (nSPS) is 28.6. The van der Waals surface area contributed by atoms with Gasteiger partial charge in [-0.15, -0.1) is 0 Å². The van der Waals surface area contributed by atoms with E-state index >= 15 is 0 Å². The van der Waals surface area contributed by atoms with Crippen LogP contribution in [0.15, 0.2) is 30.3 Å². The van der Waals surface area contributed by atoms with Crippen molar-refractivity contribution in [2.24, 2.45) is 5.92 Å². The van der Waals surface area contributed by atoms with Crippen LogP contribution < -0.4 is 5.32 Å². The third-order valence-corrected chi connectivity index (χ3v) is 5.57. The number of rotatable bonds is 5. The minimum absolute atomic E-state index is 0.00951. The molecule has 4 rings (SSSR count). The molecule has 3 fully saturated rings. The Kier molecular flexibility index (Phi) is 5.45. The minimum atomic E-state index is -2.90. The van der Waals surface area contributed by atoms with E-state index in [1.54, 1.807) is 20.8 Å². The quantitative estimate of drug-likeness (QED) is 0.821. The third kappa shape index (κ3) is 4.09. The number of piperidine rings is 2. The molecule has 2 atom stereocenters. The molecule has 2 heterocycles. The summed E-state index contributed by atoms with van der Waals surface area (Å²) in [4.78, 5) is 14.1. The van der Waals surface area contributed by atoms with Gasteiger partial charge in [0, 0.05) is 19.1 Å². The van der Waals surface area contributed by atoms with Crippen molar-refractivity contribution in [1.29, 1.82) is 0 Å². The Morgan fingerprint density at radius 1 is 1.33 bits per heavy atom. The Balaban J connectivity index is 1.82. The van der Waals surface area contributed by atoms with E-state index in [2.05, 4.69) is 5.32 Å². The van der Waals surface area contributed by atoms with E-state index in [1.165, 1.54) is 4.90 Å². The molecule has 150 valence electrons. The summed E-state index contributed by atoms with van der Waals surface area (Å²) in [5.74, 6) is -0.103. The summed E-state index contributed by atoms with van der Waals surface area (Å²) >= 11 is 0. The molecule has 3 aliphatic rings. The molecule has 0 spiro atoms. The van der Waals surface area contributed by atoms with Crippen molar-refractivity contribution in [3.63, 3.8) is 0 Å². The lowest BCUT2D eigenvalue weighted by Gasteiger charge is -2.60. The van der Waals surface area contributed by atoms with Crippen molar-refractivity contribution < 1.29 is 23.4 Å². The summed E-state index contributed by atoms with van der Waals surface area (Å²) in [5, 5.41) is 13.6. The summed E-state index contributed by atoms with van der Waals surface area (Å²) < 4.78 is 32.6. The van der Waals surface area contributed by atoms with E-state index in [-0.39, 0.29) is 18.5 Å². The number of halogens is 2. The number of aliphatic hydroxyl groups is 1. The van der Waals surface area contributed by atoms with E-state index in [4.69, 9.17) is 4.74 Å². The van der Waals surface area contributed by atoms with Crippen molar-refractivity contribution in [3.8, 4) is 0 Å². The topological polar surface area (TPSA) is 61.8 Å². The number of amides is 1. The molecule has 1 aliphatic carbocycles. The molecule has 1 aromatic carbocycles. The molecule has 0 aromatic heterocycles. The van der Waals surface area contributed by atoms with E-state index in [0.29, 0.717) is 19.4 Å². The molecule has 1 aromatic rings. The molecule has 0 radical (unpaired) electrons. The number of carbonyl (C=O) groups is 1. The number of hydrogen-bond acceptors (Lipinski definition) is 4. The Labute approximate surface area is 158 Å². The van der Waals surface area contributed by atoms with Gasteiger partial charge < -0.3 is 20.1 Å². The Hall–Kier alpha value is -1.73. The number of benzene rings is 1. The second-order valence-electron chi connectivity index (χ2n) is 8.59. The van der Waals surface area contributed by atoms with Gasteiger partial charge >= 0.3 is 6.09 Å². The van der Waals surface area contributed by atoms with Crippen LogP contribution >= 0.6 is 0 Å². The first kappa shape index (κ1) is 20.0. The first-order valence-corrected chi connectivity index (χ1v) is 9.37. The molecular formula is C20H28F2N2O3. The number of fused-ring (bicyclic) bond motifs is 2. The second-order valence-corrected chi connectivity index (χ2v) is 8.59. The number of nitrogens with zero attached hydrogens (tertiary/aromatic N) is 1. The smallest absolute Gasteiger partial charge is 0.410 e. The highest BCUT2D eigenvalue weighted by Gasteiger charge is 2.60. The molecule has 2 bridgehead atoms. The third-order valence-electron chi connectivity index (χ3n) is 5.57. The maximum absolute atomic E-state index is 13.5. The summed E-state index contributed by atoms with van der Waals surface area (Å²) in [6, 6.07) is 9.41. The largest absolute Gasteiger partial charge is 0.444 e. The zero-order valence-corrected chi connectivity index (χ0v) is 16.0. The fourth-order valence-corrected chi connectivity index (χ4v) is 4.06. The summed E-state index contributed by atoms with van der Waals surface area (Å²) in [5.41, 5.74) is -0.988. The Bertz CT molecular complexity index is 659. The highest BCUT2D eigenvalue weighted by molar-refractivity contribution is 5.69. The lowest BCUT2D eigenvalue weighted by molar-refractivity contribution is -0.150. The molecule has 27 heavy (non-hydrogen) atoms. The van der Waals surface area contributed by atoms with Gasteiger partial charge in [-0.3, -0.25) is 0 Å². The molecule has 2 aliphatic heterocycles. The number of aliphatic hydroxyl groups excluding tert-OH is 1. The average molecular weight is 382 g/mol. The van der Waals surface area contributed by atoms with Crippen LogP contribution in [0.4, 0.5) is 13.6 Å². The van der Waals surface area contributed by atoms with Gasteiger partial charge in [0.1, 0.15) is 11.7 Å². The second kappa shape index (κ2) is 7.36. The molecule has 5 nitrogen and oxygen atoms in total. The van der Waals surface area contributed by atoms with E-state index in [0.717, 1.165) is 5.56 Å². The maximum Gasteiger partial charge on any atom is 0.410 e. The molecular weight excluding hydrogens is 354 g/mol. The molecule has 1 amide bonds. The minimum Gasteiger partial charge on any atom is -0.444 e. The average Bonchev–Trinajstić information content (AvgIpc) is 2.57. The van der Waals surface area contributed by atoms with Crippen molar-refractivity contribution >= 4 is 6.09 Å². The number of carbonyl (C=O) groups excluding carboxylic acids is 1. The fraction of sp³-hybridized carbons (Fsp3) is 0.650. The van der Waals surface area contributed by atoms with Crippen LogP contribution in [-0.2, 0) is 11.3 Å². The van der Waals surface area contributed by atoms with Crippen LogP contribution in [0, 0.1) is 5.92 Å². The zero-order valence-electron chi connectivity index (χ0n) is 16.0. The van der Waals surface area contributed by atoms with E-state index in [1.807, 2.05) is 30.3 Å². The van der Waals surface area contributed by atoms with Gasteiger partial charge in [0.25, 0.3) is 6.43 Å². The van der Waals surface area contributed by atoms with Crippen LogP contribution in [-0.4, -0.2) is 52.4 Å². The van der Waals surface area contributed by atoms with Crippen molar-refractivity contribution in [1.82, 2.24) is 10.2 Å². The zero-order chi connectivity index (χ0) is 19.8. The van der Waals surface area contributed by atoms with Crippen molar-refractivity contribution in [2.75, 3.05) is 6.54 Å². The summed E-state index contributed by atoms with van der Waals surface area (Å²) in [6.07, 6.45) is -4.10. The van der Waals surface area contributed by atoms with Gasteiger partial charge in [0.15, 0.2) is 0 Å². The van der Waals surface area contributed by atoms with Gasteiger partial charge in [-0.1, -0.05) is 30.3 Å². The predicted octanol–water partition coefficient (Wildman–Crippen LogP) is 3.17. The van der Waals surface area contributed by atoms with Gasteiger partial charge in [-0.05, 0) is 45.1 Å². The van der Waals surface area contributed by atoms with E-state index < -0.39 is 29.8 Å². The van der Waals surface area contributed by atoms with Crippen LogP contribution in [0.2, 0.25) is 0 Å². The van der Waals surface area contributed by atoms with Crippen LogP contribution in [0.5, 0.6) is 0 Å².